The minimum absolute atomic E-state index is 0.112. The molecule has 0 fully saturated rings. The fraction of sp³-hybridized carbons (Fsp3) is 0.588. The van der Waals surface area contributed by atoms with E-state index in [1.54, 1.807) is 0 Å². The highest BCUT2D eigenvalue weighted by Crippen LogP contribution is 2.20. The summed E-state index contributed by atoms with van der Waals surface area (Å²) in [7, 11) is 0. The summed E-state index contributed by atoms with van der Waals surface area (Å²) in [6, 6.07) is 4.45. The maximum absolute atomic E-state index is 9.13. The Bertz CT molecular complexity index is 613. The molecule has 0 aliphatic heterocycles. The summed E-state index contributed by atoms with van der Waals surface area (Å²) >= 11 is 0. The van der Waals surface area contributed by atoms with Crippen LogP contribution in [0.15, 0.2) is 16.5 Å². The molecule has 0 aliphatic carbocycles. The van der Waals surface area contributed by atoms with Crippen LogP contribution in [-0.2, 0) is 19.6 Å². The third-order valence-corrected chi connectivity index (χ3v) is 4.09. The predicted octanol–water partition coefficient (Wildman–Crippen LogP) is 2.80. The molecule has 0 aromatic carbocycles. The third-order valence-electron chi connectivity index (χ3n) is 4.09. The molecule has 0 spiro atoms. The van der Waals surface area contributed by atoms with E-state index in [0.29, 0.717) is 12.6 Å². The van der Waals surface area contributed by atoms with Crippen molar-refractivity contribution in [3.8, 4) is 0 Å². The normalized spacial score (nSPS) is 11.8. The number of hydrogen-bond donors (Lipinski definition) is 1. The van der Waals surface area contributed by atoms with Crippen LogP contribution in [0.1, 0.15) is 42.3 Å². The molecule has 0 radical (unpaired) electrons. The van der Waals surface area contributed by atoms with Gasteiger partial charge < -0.3 is 9.52 Å². The zero-order valence-corrected chi connectivity index (χ0v) is 14.3. The first-order valence-corrected chi connectivity index (χ1v) is 7.85. The lowest BCUT2D eigenvalue weighted by molar-refractivity contribution is 0.186. The van der Waals surface area contributed by atoms with Crippen LogP contribution in [0.2, 0.25) is 0 Å². The van der Waals surface area contributed by atoms with E-state index < -0.39 is 0 Å². The molecule has 5 heteroatoms. The van der Waals surface area contributed by atoms with E-state index in [0.717, 1.165) is 36.0 Å². The Kier molecular flexibility index (Phi) is 5.42. The number of rotatable bonds is 7. The van der Waals surface area contributed by atoms with Gasteiger partial charge in [0.2, 0.25) is 0 Å². The lowest BCUT2D eigenvalue weighted by Gasteiger charge is -2.25. The number of aryl methyl sites for hydroxylation is 2. The van der Waals surface area contributed by atoms with Gasteiger partial charge in [-0.1, -0.05) is 0 Å². The summed E-state index contributed by atoms with van der Waals surface area (Å²) in [5.74, 6) is 1.94. The minimum Gasteiger partial charge on any atom is -0.465 e. The Morgan fingerprint density at radius 2 is 1.95 bits per heavy atom. The zero-order valence-electron chi connectivity index (χ0n) is 14.3. The van der Waals surface area contributed by atoms with E-state index in [4.69, 9.17) is 9.52 Å². The number of nitrogens with zero attached hydrogens (tertiary/aromatic N) is 3. The zero-order chi connectivity index (χ0) is 16.3. The predicted molar refractivity (Wildman–Crippen MR) is 86.6 cm³/mol. The molecular weight excluding hydrogens is 278 g/mol. The molecule has 2 rings (SSSR count). The van der Waals surface area contributed by atoms with Crippen molar-refractivity contribution in [2.75, 3.05) is 6.61 Å². The molecule has 0 amide bonds. The van der Waals surface area contributed by atoms with Crippen molar-refractivity contribution in [2.45, 2.75) is 60.3 Å². The summed E-state index contributed by atoms with van der Waals surface area (Å²) in [6.07, 6.45) is 0. The van der Waals surface area contributed by atoms with Gasteiger partial charge in [-0.3, -0.25) is 9.58 Å². The Labute approximate surface area is 132 Å². The molecule has 0 saturated heterocycles. The third kappa shape index (κ3) is 3.78. The van der Waals surface area contributed by atoms with Gasteiger partial charge in [-0.15, -0.1) is 0 Å². The molecule has 5 nitrogen and oxygen atoms in total. The maximum atomic E-state index is 9.13. The van der Waals surface area contributed by atoms with Gasteiger partial charge in [-0.2, -0.15) is 5.10 Å². The van der Waals surface area contributed by atoms with Crippen LogP contribution >= 0.6 is 0 Å². The van der Waals surface area contributed by atoms with Crippen molar-refractivity contribution >= 4 is 0 Å². The first kappa shape index (κ1) is 16.8. The van der Waals surface area contributed by atoms with Crippen molar-refractivity contribution < 1.29 is 9.52 Å². The quantitative estimate of drug-likeness (QED) is 0.854. The Hall–Kier alpha value is -1.59. The Balaban J connectivity index is 2.17. The van der Waals surface area contributed by atoms with Crippen LogP contribution in [0.3, 0.4) is 0 Å². The van der Waals surface area contributed by atoms with E-state index in [1.807, 2.05) is 30.7 Å². The monoisotopic (exact) mass is 305 g/mol. The van der Waals surface area contributed by atoms with Gasteiger partial charge in [0, 0.05) is 23.8 Å². The van der Waals surface area contributed by atoms with Crippen LogP contribution in [0.25, 0.3) is 0 Å². The number of aromatic nitrogens is 2. The highest BCUT2D eigenvalue weighted by atomic mass is 16.3. The van der Waals surface area contributed by atoms with E-state index in [1.165, 1.54) is 5.56 Å². The molecule has 0 atom stereocenters. The van der Waals surface area contributed by atoms with Crippen LogP contribution in [0, 0.1) is 20.8 Å². The Morgan fingerprint density at radius 3 is 2.50 bits per heavy atom. The van der Waals surface area contributed by atoms with E-state index in [2.05, 4.69) is 30.8 Å². The summed E-state index contributed by atoms with van der Waals surface area (Å²) < 4.78 is 7.60. The van der Waals surface area contributed by atoms with E-state index in [9.17, 15) is 0 Å². The van der Waals surface area contributed by atoms with E-state index in [-0.39, 0.29) is 6.61 Å². The summed E-state index contributed by atoms with van der Waals surface area (Å²) in [6.45, 7) is 12.7. The van der Waals surface area contributed by atoms with Crippen LogP contribution in [-0.4, -0.2) is 32.4 Å². The van der Waals surface area contributed by atoms with E-state index >= 15 is 0 Å². The number of hydrogen-bond acceptors (Lipinski definition) is 4. The topological polar surface area (TPSA) is 54.4 Å². The first-order chi connectivity index (χ1) is 10.4. The van der Waals surface area contributed by atoms with Gasteiger partial charge in [0.25, 0.3) is 0 Å². The van der Waals surface area contributed by atoms with Crippen LogP contribution in [0.5, 0.6) is 0 Å². The molecule has 2 heterocycles. The summed E-state index contributed by atoms with van der Waals surface area (Å²) in [5, 5.41) is 13.7. The highest BCUT2D eigenvalue weighted by molar-refractivity contribution is 5.24. The van der Waals surface area contributed by atoms with Crippen molar-refractivity contribution in [1.29, 1.82) is 0 Å². The summed E-state index contributed by atoms with van der Waals surface area (Å²) in [4.78, 5) is 2.37. The SMILES string of the molecule is Cc1ccc(CN(Cc2c(C)nn(CCO)c2C)C(C)C)o1. The maximum Gasteiger partial charge on any atom is 0.118 e. The molecule has 0 aliphatic rings. The number of furan rings is 1. The number of aliphatic hydroxyl groups is 1. The lowest BCUT2D eigenvalue weighted by Crippen LogP contribution is -2.30. The molecule has 0 saturated carbocycles. The minimum atomic E-state index is 0.112. The molecule has 2 aromatic heterocycles. The van der Waals surface area contributed by atoms with Gasteiger partial charge in [-0.25, -0.2) is 0 Å². The molecular formula is C17H27N3O2. The fourth-order valence-electron chi connectivity index (χ4n) is 2.67. The Morgan fingerprint density at radius 1 is 1.23 bits per heavy atom. The van der Waals surface area contributed by atoms with Gasteiger partial charge in [0.05, 0.1) is 25.4 Å². The second-order valence-corrected chi connectivity index (χ2v) is 6.11. The molecule has 0 unspecified atom stereocenters. The second kappa shape index (κ2) is 7.11. The van der Waals surface area contributed by atoms with Crippen LogP contribution in [0.4, 0.5) is 0 Å². The van der Waals surface area contributed by atoms with Crippen molar-refractivity contribution in [2.24, 2.45) is 0 Å². The standard InChI is InChI=1S/C17H27N3O2/c1-12(2)19(10-16-7-6-13(3)22-16)11-17-14(4)18-20(8-9-21)15(17)5/h6-7,12,21H,8-11H2,1-5H3. The average molecular weight is 305 g/mol. The lowest BCUT2D eigenvalue weighted by atomic mass is 10.1. The smallest absolute Gasteiger partial charge is 0.118 e. The van der Waals surface area contributed by atoms with Crippen molar-refractivity contribution in [1.82, 2.24) is 14.7 Å². The number of aliphatic hydroxyl groups excluding tert-OH is 1. The van der Waals surface area contributed by atoms with Crippen LogP contribution < -0.4 is 0 Å². The highest BCUT2D eigenvalue weighted by Gasteiger charge is 2.18. The largest absolute Gasteiger partial charge is 0.465 e. The first-order valence-electron chi connectivity index (χ1n) is 7.85. The molecule has 122 valence electrons. The fourth-order valence-corrected chi connectivity index (χ4v) is 2.67. The van der Waals surface area contributed by atoms with Gasteiger partial charge in [-0.05, 0) is 46.8 Å². The van der Waals surface area contributed by atoms with Gasteiger partial charge in [0.1, 0.15) is 11.5 Å². The van der Waals surface area contributed by atoms with Gasteiger partial charge >= 0.3 is 0 Å². The molecule has 2 aromatic rings. The summed E-state index contributed by atoms with van der Waals surface area (Å²) in [5.41, 5.74) is 3.41. The molecule has 22 heavy (non-hydrogen) atoms. The average Bonchev–Trinajstić information content (AvgIpc) is 2.97. The van der Waals surface area contributed by atoms with Crippen molar-refractivity contribution in [3.63, 3.8) is 0 Å². The second-order valence-electron chi connectivity index (χ2n) is 6.11. The molecule has 1 N–H and O–H groups in total. The molecule has 0 bridgehead atoms. The van der Waals surface area contributed by atoms with Crippen molar-refractivity contribution in [3.05, 3.63) is 40.6 Å². The van der Waals surface area contributed by atoms with Gasteiger partial charge in [0.15, 0.2) is 0 Å².